The quantitative estimate of drug-likeness (QED) is 0.470. The van der Waals surface area contributed by atoms with Crippen molar-refractivity contribution in [1.82, 2.24) is 5.32 Å². The van der Waals surface area contributed by atoms with E-state index >= 15 is 0 Å². The third-order valence-electron chi connectivity index (χ3n) is 11.7. The number of hydrogen-bond acceptors (Lipinski definition) is 4. The smallest absolute Gasteiger partial charge is 0.220 e. The van der Waals surface area contributed by atoms with E-state index in [1.165, 1.54) is 51.2 Å². The summed E-state index contributed by atoms with van der Waals surface area (Å²) in [5.74, 6) is 5.08. The number of fused-ring (bicyclic) bond motifs is 5. The van der Waals surface area contributed by atoms with E-state index in [1.807, 2.05) is 0 Å². The molecular formula is C29H51NO4S. The molecule has 4 aliphatic rings. The molecule has 0 bridgehead atoms. The van der Waals surface area contributed by atoms with Crippen LogP contribution in [0.5, 0.6) is 0 Å². The van der Waals surface area contributed by atoms with Gasteiger partial charge in [0, 0.05) is 19.2 Å². The van der Waals surface area contributed by atoms with Gasteiger partial charge in [0.1, 0.15) is 9.84 Å². The maximum atomic E-state index is 12.3. The van der Waals surface area contributed by atoms with Crippen LogP contribution in [0.4, 0.5) is 0 Å². The Balaban J connectivity index is 1.40. The molecule has 0 radical (unpaired) electrons. The van der Waals surface area contributed by atoms with Crippen molar-refractivity contribution in [3.05, 3.63) is 0 Å². The van der Waals surface area contributed by atoms with Gasteiger partial charge in [-0.05, 0) is 110 Å². The van der Waals surface area contributed by atoms with E-state index in [0.717, 1.165) is 42.9 Å². The van der Waals surface area contributed by atoms with Crippen molar-refractivity contribution >= 4 is 15.7 Å². The van der Waals surface area contributed by atoms with Crippen molar-refractivity contribution in [1.29, 1.82) is 0 Å². The molecule has 0 heterocycles. The predicted molar refractivity (Wildman–Crippen MR) is 142 cm³/mol. The number of amides is 1. The summed E-state index contributed by atoms with van der Waals surface area (Å²) in [7, 11) is -3.04. The Morgan fingerprint density at radius 2 is 1.71 bits per heavy atom. The van der Waals surface area contributed by atoms with Gasteiger partial charge in [0.25, 0.3) is 0 Å². The molecule has 2 N–H and O–H groups in total. The highest BCUT2D eigenvalue weighted by atomic mass is 32.2. The van der Waals surface area contributed by atoms with E-state index < -0.39 is 9.84 Å². The zero-order chi connectivity index (χ0) is 25.6. The summed E-state index contributed by atoms with van der Waals surface area (Å²) in [6.45, 7) is 10.1. The molecule has 5 nitrogen and oxygen atoms in total. The Labute approximate surface area is 214 Å². The molecule has 0 aromatic carbocycles. The second kappa shape index (κ2) is 10.3. The normalized spacial score (nSPS) is 44.1. The molecule has 4 fully saturated rings. The maximum Gasteiger partial charge on any atom is 0.220 e. The van der Waals surface area contributed by atoms with Gasteiger partial charge in [0.05, 0.1) is 11.9 Å². The SMILES string of the molecule is CC[C@H]1CC2C(CC[C@@]3(C)C2CC[C@@H]3[C@H](C)CCC(=O)NCCS(C)(=O)=O)[C@@]2(C)CC[C@@H](O)CC12. The first-order valence-electron chi connectivity index (χ1n) is 14.5. The average Bonchev–Trinajstić information content (AvgIpc) is 3.14. The van der Waals surface area contributed by atoms with Crippen LogP contribution in [0.1, 0.15) is 98.3 Å². The van der Waals surface area contributed by atoms with Gasteiger partial charge in [-0.15, -0.1) is 0 Å². The lowest BCUT2D eigenvalue weighted by atomic mass is 9.42. The first-order valence-corrected chi connectivity index (χ1v) is 16.6. The van der Waals surface area contributed by atoms with Crippen LogP contribution in [0.2, 0.25) is 0 Å². The number of nitrogens with one attached hydrogen (secondary N) is 1. The van der Waals surface area contributed by atoms with E-state index in [1.54, 1.807) is 0 Å². The first kappa shape index (κ1) is 27.4. The average molecular weight is 510 g/mol. The molecule has 35 heavy (non-hydrogen) atoms. The maximum absolute atomic E-state index is 12.3. The minimum absolute atomic E-state index is 0.0106. The molecule has 0 saturated heterocycles. The summed E-state index contributed by atoms with van der Waals surface area (Å²) < 4.78 is 22.6. The molecule has 4 unspecified atom stereocenters. The number of carbonyl (C=O) groups excluding carboxylic acids is 1. The van der Waals surface area contributed by atoms with Crippen LogP contribution in [0.15, 0.2) is 0 Å². The van der Waals surface area contributed by atoms with Crippen LogP contribution >= 0.6 is 0 Å². The van der Waals surface area contributed by atoms with E-state index in [4.69, 9.17) is 0 Å². The van der Waals surface area contributed by atoms with Gasteiger partial charge < -0.3 is 10.4 Å². The second-order valence-electron chi connectivity index (χ2n) is 13.5. The molecule has 0 aromatic heterocycles. The lowest BCUT2D eigenvalue weighted by molar-refractivity contribution is -0.152. The largest absolute Gasteiger partial charge is 0.393 e. The molecule has 202 valence electrons. The predicted octanol–water partition coefficient (Wildman–Crippen LogP) is 5.22. The summed E-state index contributed by atoms with van der Waals surface area (Å²) in [6, 6.07) is 0. The van der Waals surface area contributed by atoms with E-state index in [-0.39, 0.29) is 24.3 Å². The van der Waals surface area contributed by atoms with Crippen LogP contribution in [0.25, 0.3) is 0 Å². The zero-order valence-corrected chi connectivity index (χ0v) is 23.7. The summed E-state index contributed by atoms with van der Waals surface area (Å²) >= 11 is 0. The highest BCUT2D eigenvalue weighted by Gasteiger charge is 2.62. The number of aliphatic hydroxyl groups is 1. The molecule has 6 heteroatoms. The third kappa shape index (κ3) is 5.35. The van der Waals surface area contributed by atoms with E-state index in [0.29, 0.717) is 35.0 Å². The third-order valence-corrected chi connectivity index (χ3v) is 12.7. The summed E-state index contributed by atoms with van der Waals surface area (Å²) in [6.07, 6.45) is 13.6. The Bertz CT molecular complexity index is 874. The summed E-state index contributed by atoms with van der Waals surface area (Å²) in [5, 5.41) is 13.3. The topological polar surface area (TPSA) is 83.5 Å². The molecule has 10 atom stereocenters. The number of aliphatic hydroxyl groups excluding tert-OH is 1. The van der Waals surface area contributed by atoms with Gasteiger partial charge in [-0.1, -0.05) is 34.1 Å². The van der Waals surface area contributed by atoms with Crippen molar-refractivity contribution in [2.75, 3.05) is 18.6 Å². The van der Waals surface area contributed by atoms with Crippen LogP contribution in [0, 0.1) is 52.3 Å². The van der Waals surface area contributed by atoms with Gasteiger partial charge in [-0.2, -0.15) is 0 Å². The van der Waals surface area contributed by atoms with Crippen molar-refractivity contribution in [2.24, 2.45) is 52.3 Å². The van der Waals surface area contributed by atoms with Gasteiger partial charge in [-0.25, -0.2) is 8.42 Å². The lowest BCUT2D eigenvalue weighted by Gasteiger charge is -2.63. The molecule has 0 aromatic rings. The fraction of sp³-hybridized carbons (Fsp3) is 0.966. The van der Waals surface area contributed by atoms with Crippen molar-refractivity contribution < 1.29 is 18.3 Å². The Hall–Kier alpha value is -0.620. The summed E-state index contributed by atoms with van der Waals surface area (Å²) in [5.41, 5.74) is 0.779. The lowest BCUT2D eigenvalue weighted by Crippen LogP contribution is -2.56. The fourth-order valence-electron chi connectivity index (χ4n) is 9.93. The number of hydrogen-bond donors (Lipinski definition) is 2. The van der Waals surface area contributed by atoms with E-state index in [2.05, 4.69) is 33.0 Å². The molecule has 4 saturated carbocycles. The minimum atomic E-state index is -3.04. The Kier molecular flexibility index (Phi) is 8.04. The Morgan fingerprint density at radius 3 is 2.40 bits per heavy atom. The fourth-order valence-corrected chi connectivity index (χ4v) is 10.4. The molecule has 0 aliphatic heterocycles. The number of sulfone groups is 1. The zero-order valence-electron chi connectivity index (χ0n) is 22.9. The number of carbonyl (C=O) groups is 1. The van der Waals surface area contributed by atoms with Crippen LogP contribution in [-0.2, 0) is 14.6 Å². The van der Waals surface area contributed by atoms with Gasteiger partial charge in [0.2, 0.25) is 5.91 Å². The molecule has 4 aliphatic carbocycles. The van der Waals surface area contributed by atoms with Crippen molar-refractivity contribution in [3.63, 3.8) is 0 Å². The number of rotatable bonds is 8. The highest BCUT2D eigenvalue weighted by molar-refractivity contribution is 7.90. The van der Waals surface area contributed by atoms with Crippen molar-refractivity contribution in [2.45, 2.75) is 104 Å². The minimum Gasteiger partial charge on any atom is -0.393 e. The van der Waals surface area contributed by atoms with Gasteiger partial charge >= 0.3 is 0 Å². The first-order chi connectivity index (χ1) is 16.4. The molecular weight excluding hydrogens is 458 g/mol. The molecule has 0 spiro atoms. The highest BCUT2D eigenvalue weighted by Crippen LogP contribution is 2.69. The van der Waals surface area contributed by atoms with Crippen LogP contribution < -0.4 is 5.32 Å². The molecule has 4 rings (SSSR count). The summed E-state index contributed by atoms with van der Waals surface area (Å²) in [4.78, 5) is 12.3. The van der Waals surface area contributed by atoms with E-state index in [9.17, 15) is 18.3 Å². The van der Waals surface area contributed by atoms with Crippen LogP contribution in [0.3, 0.4) is 0 Å². The molecule has 1 amide bonds. The Morgan fingerprint density at radius 1 is 1.03 bits per heavy atom. The van der Waals surface area contributed by atoms with Crippen LogP contribution in [-0.4, -0.2) is 44.1 Å². The van der Waals surface area contributed by atoms with Gasteiger partial charge in [0.15, 0.2) is 0 Å². The second-order valence-corrected chi connectivity index (χ2v) is 15.8. The standard InChI is InChI=1S/C29H51NO4S/c1-6-20-17-22-24-9-8-23(19(2)7-10-27(32)30-15-16-35(5,33)34)28(24,3)14-12-25(22)29(4)13-11-21(31)18-26(20)29/h19-26,31H,6-18H2,1-5H3,(H,30,32)/t19-,20+,21-,22?,23-,24?,25?,26?,28-,29-/m1/s1. The van der Waals surface area contributed by atoms with Gasteiger partial charge in [-0.3, -0.25) is 4.79 Å². The monoisotopic (exact) mass is 509 g/mol. The van der Waals surface area contributed by atoms with Crippen molar-refractivity contribution in [3.8, 4) is 0 Å².